The van der Waals surface area contributed by atoms with Crippen LogP contribution in [-0.2, 0) is 16.6 Å². The number of rotatable bonds is 8. The molecule has 0 heterocycles. The Labute approximate surface area is 188 Å². The molecule has 162 valence electrons. The molecule has 0 aliphatic carbocycles. The van der Waals surface area contributed by atoms with E-state index in [0.717, 1.165) is 17.4 Å². The highest BCUT2D eigenvalue weighted by Gasteiger charge is 2.18. The van der Waals surface area contributed by atoms with Gasteiger partial charge in [0, 0.05) is 17.1 Å². The van der Waals surface area contributed by atoms with Crippen LogP contribution in [0.15, 0.2) is 78.9 Å². The zero-order chi connectivity index (χ0) is 22.4. The number of benzene rings is 3. The van der Waals surface area contributed by atoms with E-state index in [4.69, 9.17) is 11.6 Å². The first-order valence-corrected chi connectivity index (χ1v) is 12.1. The summed E-state index contributed by atoms with van der Waals surface area (Å²) in [7, 11) is -3.51. The number of nitrogens with zero attached hydrogens (tertiary/aromatic N) is 1. The van der Waals surface area contributed by atoms with Crippen LogP contribution in [-0.4, -0.2) is 27.1 Å². The van der Waals surface area contributed by atoms with Crippen LogP contribution in [0.2, 0.25) is 5.02 Å². The third-order valence-electron chi connectivity index (χ3n) is 4.99. The quantitative estimate of drug-likeness (QED) is 0.527. The van der Waals surface area contributed by atoms with Crippen LogP contribution in [0.3, 0.4) is 0 Å². The van der Waals surface area contributed by atoms with Gasteiger partial charge in [0.15, 0.2) is 0 Å². The first-order valence-electron chi connectivity index (χ1n) is 9.89. The lowest BCUT2D eigenvalue weighted by molar-refractivity contribution is 0.0951. The number of carbonyl (C=O) groups excluding carboxylic acids is 1. The van der Waals surface area contributed by atoms with Crippen molar-refractivity contribution < 1.29 is 13.2 Å². The highest BCUT2D eigenvalue weighted by molar-refractivity contribution is 7.92. The van der Waals surface area contributed by atoms with Crippen molar-refractivity contribution in [2.45, 2.75) is 19.4 Å². The van der Waals surface area contributed by atoms with Gasteiger partial charge in [-0.15, -0.1) is 0 Å². The smallest absolute Gasteiger partial charge is 0.251 e. The van der Waals surface area contributed by atoms with Crippen molar-refractivity contribution in [3.8, 4) is 0 Å². The molecule has 0 radical (unpaired) electrons. The number of sulfonamides is 1. The second-order valence-electron chi connectivity index (χ2n) is 7.46. The molecular formula is C24H25ClN2O3S. The molecule has 31 heavy (non-hydrogen) atoms. The van der Waals surface area contributed by atoms with Gasteiger partial charge in [-0.25, -0.2) is 8.42 Å². The fraction of sp³-hybridized carbons (Fsp3) is 0.208. The first kappa shape index (κ1) is 22.8. The predicted molar refractivity (Wildman–Crippen MR) is 126 cm³/mol. The summed E-state index contributed by atoms with van der Waals surface area (Å²) in [6, 6.07) is 23.6. The summed E-state index contributed by atoms with van der Waals surface area (Å²) in [6.07, 6.45) is 1.16. The molecule has 0 unspecified atom stereocenters. The summed E-state index contributed by atoms with van der Waals surface area (Å²) in [4.78, 5) is 12.5. The fourth-order valence-electron chi connectivity index (χ4n) is 3.18. The zero-order valence-corrected chi connectivity index (χ0v) is 19.0. The number of hydrogen-bond donors (Lipinski definition) is 1. The van der Waals surface area contributed by atoms with E-state index in [1.165, 1.54) is 4.31 Å². The zero-order valence-electron chi connectivity index (χ0n) is 17.5. The summed E-state index contributed by atoms with van der Waals surface area (Å²) < 4.78 is 26.0. The molecule has 5 nitrogen and oxygen atoms in total. The Morgan fingerprint density at radius 2 is 1.58 bits per heavy atom. The highest BCUT2D eigenvalue weighted by Crippen LogP contribution is 2.22. The van der Waals surface area contributed by atoms with Crippen LogP contribution in [0.25, 0.3) is 0 Å². The lowest BCUT2D eigenvalue weighted by Crippen LogP contribution is -2.30. The maximum absolute atomic E-state index is 12.5. The second-order valence-corrected chi connectivity index (χ2v) is 9.81. The van der Waals surface area contributed by atoms with Crippen LogP contribution >= 0.6 is 11.6 Å². The molecule has 0 spiro atoms. The number of nitrogens with one attached hydrogen (secondary N) is 1. The van der Waals surface area contributed by atoms with Crippen molar-refractivity contribution >= 4 is 33.2 Å². The van der Waals surface area contributed by atoms with E-state index in [1.807, 2.05) is 30.3 Å². The van der Waals surface area contributed by atoms with E-state index in [1.54, 1.807) is 48.5 Å². The molecule has 3 rings (SSSR count). The Morgan fingerprint density at radius 3 is 2.16 bits per heavy atom. The summed E-state index contributed by atoms with van der Waals surface area (Å²) in [5.74, 6) is -0.0116. The van der Waals surface area contributed by atoms with Crippen molar-refractivity contribution in [1.29, 1.82) is 0 Å². The summed E-state index contributed by atoms with van der Waals surface area (Å²) >= 11 is 5.91. The Hall–Kier alpha value is -2.83. The van der Waals surface area contributed by atoms with E-state index in [0.29, 0.717) is 22.8 Å². The summed E-state index contributed by atoms with van der Waals surface area (Å²) in [6.45, 7) is 2.74. The Bertz CT molecular complexity index is 1120. The maximum atomic E-state index is 12.5. The second kappa shape index (κ2) is 9.98. The van der Waals surface area contributed by atoms with E-state index in [-0.39, 0.29) is 18.4 Å². The molecule has 3 aromatic rings. The molecule has 0 aromatic heterocycles. The minimum absolute atomic E-state index is 0.177. The van der Waals surface area contributed by atoms with E-state index in [9.17, 15) is 13.2 Å². The van der Waals surface area contributed by atoms with Gasteiger partial charge in [-0.1, -0.05) is 61.0 Å². The maximum Gasteiger partial charge on any atom is 0.251 e. The van der Waals surface area contributed by atoms with E-state index < -0.39 is 10.0 Å². The van der Waals surface area contributed by atoms with Gasteiger partial charge in [-0.2, -0.15) is 0 Å². The number of amides is 1. The van der Waals surface area contributed by atoms with Crippen LogP contribution in [0.1, 0.15) is 34.3 Å². The van der Waals surface area contributed by atoms with Gasteiger partial charge in [0.1, 0.15) is 0 Å². The molecule has 0 saturated heterocycles. The normalized spacial score (nSPS) is 12.2. The lowest BCUT2D eigenvalue weighted by atomic mass is 10.0. The number of carbonyl (C=O) groups is 1. The molecule has 0 fully saturated rings. The monoisotopic (exact) mass is 456 g/mol. The van der Waals surface area contributed by atoms with Gasteiger partial charge in [0.05, 0.1) is 18.5 Å². The van der Waals surface area contributed by atoms with Crippen molar-refractivity contribution in [3.05, 3.63) is 101 Å². The van der Waals surface area contributed by atoms with Gasteiger partial charge in [-0.05, 0) is 53.4 Å². The highest BCUT2D eigenvalue weighted by atomic mass is 35.5. The van der Waals surface area contributed by atoms with Gasteiger partial charge in [0.2, 0.25) is 10.0 Å². The molecule has 1 atom stereocenters. The van der Waals surface area contributed by atoms with Crippen molar-refractivity contribution in [1.82, 2.24) is 5.32 Å². The molecule has 0 aliphatic heterocycles. The van der Waals surface area contributed by atoms with E-state index >= 15 is 0 Å². The summed E-state index contributed by atoms with van der Waals surface area (Å²) in [5, 5.41) is 3.53. The van der Waals surface area contributed by atoms with Crippen LogP contribution in [0.4, 0.5) is 5.69 Å². The minimum Gasteiger partial charge on any atom is -0.351 e. The Morgan fingerprint density at radius 1 is 0.968 bits per heavy atom. The molecule has 0 aliphatic rings. The van der Waals surface area contributed by atoms with Gasteiger partial charge >= 0.3 is 0 Å². The van der Waals surface area contributed by atoms with Crippen LogP contribution in [0, 0.1) is 0 Å². The van der Waals surface area contributed by atoms with Crippen molar-refractivity contribution in [2.24, 2.45) is 0 Å². The SMILES string of the molecule is C[C@@H](CNC(=O)c1ccc(N(Cc2ccc(Cl)cc2)S(C)(=O)=O)cc1)c1ccccc1. The van der Waals surface area contributed by atoms with Crippen molar-refractivity contribution in [3.63, 3.8) is 0 Å². The van der Waals surface area contributed by atoms with Gasteiger partial charge in [-0.3, -0.25) is 9.10 Å². The minimum atomic E-state index is -3.51. The van der Waals surface area contributed by atoms with Gasteiger partial charge in [0.25, 0.3) is 5.91 Å². The topological polar surface area (TPSA) is 66.5 Å². The number of halogens is 1. The molecular weight excluding hydrogens is 432 g/mol. The van der Waals surface area contributed by atoms with E-state index in [2.05, 4.69) is 12.2 Å². The average Bonchev–Trinajstić information content (AvgIpc) is 2.77. The third-order valence-corrected chi connectivity index (χ3v) is 6.39. The number of hydrogen-bond acceptors (Lipinski definition) is 3. The molecule has 0 bridgehead atoms. The van der Waals surface area contributed by atoms with Crippen LogP contribution in [0.5, 0.6) is 0 Å². The summed E-state index contributed by atoms with van der Waals surface area (Å²) in [5.41, 5.74) is 2.94. The average molecular weight is 457 g/mol. The van der Waals surface area contributed by atoms with Crippen molar-refractivity contribution in [2.75, 3.05) is 17.1 Å². The van der Waals surface area contributed by atoms with Gasteiger partial charge < -0.3 is 5.32 Å². The molecule has 3 aromatic carbocycles. The lowest BCUT2D eigenvalue weighted by Gasteiger charge is -2.23. The molecule has 1 amide bonds. The molecule has 7 heteroatoms. The third kappa shape index (κ3) is 6.32. The van der Waals surface area contributed by atoms with Crippen LogP contribution < -0.4 is 9.62 Å². The molecule has 0 saturated carbocycles. The largest absolute Gasteiger partial charge is 0.351 e. The predicted octanol–water partition coefficient (Wildman–Crippen LogP) is 4.84. The fourth-order valence-corrected chi connectivity index (χ4v) is 4.20. The standard InChI is InChI=1S/C24H25ClN2O3S/c1-18(20-6-4-3-5-7-20)16-26-24(28)21-10-14-23(15-11-21)27(31(2,29)30)17-19-8-12-22(25)13-9-19/h3-15,18H,16-17H2,1-2H3,(H,26,28)/t18-/m0/s1. The Kier molecular flexibility index (Phi) is 7.36. The first-order chi connectivity index (χ1) is 14.7. The Balaban J connectivity index is 1.69. The molecule has 1 N–H and O–H groups in total. The number of anilines is 1.